The second kappa shape index (κ2) is 5.03. The van der Waals surface area contributed by atoms with E-state index >= 15 is 0 Å². The van der Waals surface area contributed by atoms with Crippen molar-refractivity contribution in [2.45, 2.75) is 40.5 Å². The lowest BCUT2D eigenvalue weighted by atomic mass is 9.87. The van der Waals surface area contributed by atoms with Crippen LogP contribution in [-0.4, -0.2) is 23.1 Å². The Morgan fingerprint density at radius 2 is 1.82 bits per heavy atom. The minimum Gasteiger partial charge on any atom is -0.355 e. The maximum atomic E-state index is 4.63. The molecule has 2 rings (SSSR count). The van der Waals surface area contributed by atoms with Gasteiger partial charge in [0.1, 0.15) is 5.82 Å². The third-order valence-electron chi connectivity index (χ3n) is 3.99. The van der Waals surface area contributed by atoms with E-state index in [0.717, 1.165) is 42.1 Å². The van der Waals surface area contributed by atoms with Gasteiger partial charge in [0.2, 0.25) is 0 Å². The average Bonchev–Trinajstić information content (AvgIpc) is 2.33. The van der Waals surface area contributed by atoms with Gasteiger partial charge in [-0.2, -0.15) is 0 Å². The molecule has 1 aromatic heterocycles. The van der Waals surface area contributed by atoms with Crippen molar-refractivity contribution in [1.82, 2.24) is 9.97 Å². The molecular weight excluding hydrogens is 210 g/mol. The number of rotatable bonds is 2. The van der Waals surface area contributed by atoms with Crippen LogP contribution in [0.25, 0.3) is 0 Å². The fourth-order valence-corrected chi connectivity index (χ4v) is 2.48. The highest BCUT2D eigenvalue weighted by Crippen LogP contribution is 2.26. The monoisotopic (exact) mass is 233 g/mol. The molecule has 1 aliphatic heterocycles. The molecule has 1 saturated heterocycles. The van der Waals surface area contributed by atoms with E-state index in [4.69, 9.17) is 0 Å². The zero-order valence-electron chi connectivity index (χ0n) is 11.4. The van der Waals surface area contributed by atoms with Crippen LogP contribution in [0.15, 0.2) is 6.20 Å². The highest BCUT2D eigenvalue weighted by Gasteiger charge is 2.22. The Labute approximate surface area is 104 Å². The molecule has 2 heterocycles. The van der Waals surface area contributed by atoms with E-state index in [9.17, 15) is 0 Å². The molecule has 17 heavy (non-hydrogen) atoms. The van der Waals surface area contributed by atoms with Gasteiger partial charge in [-0.05, 0) is 38.5 Å². The van der Waals surface area contributed by atoms with E-state index in [2.05, 4.69) is 28.7 Å². The molecule has 1 aromatic rings. The number of hydrogen-bond donors (Lipinski definition) is 0. The summed E-state index contributed by atoms with van der Waals surface area (Å²) in [6.45, 7) is 11.0. The van der Waals surface area contributed by atoms with Crippen LogP contribution >= 0.6 is 0 Å². The Morgan fingerprint density at radius 1 is 1.18 bits per heavy atom. The maximum absolute atomic E-state index is 4.63. The van der Waals surface area contributed by atoms with E-state index in [-0.39, 0.29) is 0 Å². The molecule has 1 aliphatic rings. The van der Waals surface area contributed by atoms with Gasteiger partial charge in [0.25, 0.3) is 0 Å². The highest BCUT2D eigenvalue weighted by atomic mass is 15.2. The van der Waals surface area contributed by atoms with Crippen molar-refractivity contribution in [3.05, 3.63) is 17.6 Å². The van der Waals surface area contributed by atoms with Gasteiger partial charge in [0.15, 0.2) is 0 Å². The number of anilines is 1. The molecule has 0 radical (unpaired) electrons. The van der Waals surface area contributed by atoms with Crippen molar-refractivity contribution < 1.29 is 0 Å². The second-order valence-electron chi connectivity index (χ2n) is 5.47. The molecule has 0 bridgehead atoms. The Kier molecular flexibility index (Phi) is 3.65. The van der Waals surface area contributed by atoms with Gasteiger partial charge in [-0.15, -0.1) is 0 Å². The molecule has 0 N–H and O–H groups in total. The number of aromatic nitrogens is 2. The first-order valence-electron chi connectivity index (χ1n) is 6.63. The first-order chi connectivity index (χ1) is 8.08. The van der Waals surface area contributed by atoms with Crippen molar-refractivity contribution in [3.63, 3.8) is 0 Å². The van der Waals surface area contributed by atoms with Crippen molar-refractivity contribution in [2.24, 2.45) is 11.8 Å². The molecule has 0 unspecified atom stereocenters. The minimum absolute atomic E-state index is 0.808. The van der Waals surface area contributed by atoms with Gasteiger partial charge in [0.05, 0.1) is 17.6 Å². The molecule has 3 heteroatoms. The van der Waals surface area contributed by atoms with Gasteiger partial charge in [-0.3, -0.25) is 4.98 Å². The molecule has 0 aliphatic carbocycles. The average molecular weight is 233 g/mol. The second-order valence-corrected chi connectivity index (χ2v) is 5.47. The molecule has 0 saturated carbocycles. The van der Waals surface area contributed by atoms with Crippen LogP contribution in [0.2, 0.25) is 0 Å². The topological polar surface area (TPSA) is 29.0 Å². The molecule has 0 atom stereocenters. The van der Waals surface area contributed by atoms with Gasteiger partial charge in [-0.1, -0.05) is 13.8 Å². The molecular formula is C14H23N3. The quantitative estimate of drug-likeness (QED) is 0.786. The molecule has 1 fully saturated rings. The van der Waals surface area contributed by atoms with E-state index in [1.807, 2.05) is 20.0 Å². The Bertz CT molecular complexity index is 379. The highest BCUT2D eigenvalue weighted by molar-refractivity contribution is 5.37. The summed E-state index contributed by atoms with van der Waals surface area (Å²) in [7, 11) is 0. The van der Waals surface area contributed by atoms with Crippen molar-refractivity contribution in [1.29, 1.82) is 0 Å². The van der Waals surface area contributed by atoms with Gasteiger partial charge < -0.3 is 4.90 Å². The van der Waals surface area contributed by atoms with Crippen LogP contribution < -0.4 is 4.90 Å². The van der Waals surface area contributed by atoms with Crippen LogP contribution in [0.3, 0.4) is 0 Å². The first-order valence-corrected chi connectivity index (χ1v) is 6.63. The number of piperidine rings is 1. The SMILES string of the molecule is Cc1ncc(N2CCC(C(C)C)CC2)nc1C. The normalized spacial score (nSPS) is 17.8. The first kappa shape index (κ1) is 12.3. The number of aryl methyl sites for hydroxylation is 2. The van der Waals surface area contributed by atoms with Crippen LogP contribution in [0.4, 0.5) is 5.82 Å². The van der Waals surface area contributed by atoms with E-state index in [1.54, 1.807) is 0 Å². The van der Waals surface area contributed by atoms with Crippen LogP contribution in [-0.2, 0) is 0 Å². The Morgan fingerprint density at radius 3 is 2.35 bits per heavy atom. The summed E-state index contributed by atoms with van der Waals surface area (Å²) in [6, 6.07) is 0. The van der Waals surface area contributed by atoms with Gasteiger partial charge >= 0.3 is 0 Å². The van der Waals surface area contributed by atoms with E-state index < -0.39 is 0 Å². The third-order valence-corrected chi connectivity index (χ3v) is 3.99. The summed E-state index contributed by atoms with van der Waals surface area (Å²) in [6.07, 6.45) is 4.48. The van der Waals surface area contributed by atoms with Crippen LogP contribution in [0.5, 0.6) is 0 Å². The van der Waals surface area contributed by atoms with Crippen molar-refractivity contribution in [2.75, 3.05) is 18.0 Å². The zero-order valence-corrected chi connectivity index (χ0v) is 11.4. The van der Waals surface area contributed by atoms with Gasteiger partial charge in [0, 0.05) is 13.1 Å². The predicted molar refractivity (Wildman–Crippen MR) is 71.3 cm³/mol. The van der Waals surface area contributed by atoms with E-state index in [1.165, 1.54) is 12.8 Å². The molecule has 3 nitrogen and oxygen atoms in total. The summed E-state index contributed by atoms with van der Waals surface area (Å²) < 4.78 is 0. The number of hydrogen-bond acceptors (Lipinski definition) is 3. The maximum Gasteiger partial charge on any atom is 0.147 e. The lowest BCUT2D eigenvalue weighted by molar-refractivity contribution is 0.310. The number of nitrogens with zero attached hydrogens (tertiary/aromatic N) is 3. The zero-order chi connectivity index (χ0) is 12.4. The van der Waals surface area contributed by atoms with Crippen LogP contribution in [0.1, 0.15) is 38.1 Å². The third kappa shape index (κ3) is 2.76. The summed E-state index contributed by atoms with van der Waals surface area (Å²) in [4.78, 5) is 11.4. The molecule has 0 spiro atoms. The van der Waals surface area contributed by atoms with Crippen LogP contribution in [0, 0.1) is 25.7 Å². The molecule has 0 amide bonds. The summed E-state index contributed by atoms with van der Waals surface area (Å²) in [5, 5.41) is 0. The smallest absolute Gasteiger partial charge is 0.147 e. The predicted octanol–water partition coefficient (Wildman–Crippen LogP) is 2.97. The largest absolute Gasteiger partial charge is 0.355 e. The van der Waals surface area contributed by atoms with Crippen molar-refractivity contribution in [3.8, 4) is 0 Å². The summed E-state index contributed by atoms with van der Waals surface area (Å²) in [5.41, 5.74) is 2.08. The standard InChI is InChI=1S/C14H23N3/c1-10(2)13-5-7-17(8-6-13)14-9-15-11(3)12(4)16-14/h9-10,13H,5-8H2,1-4H3. The van der Waals surface area contributed by atoms with Gasteiger partial charge in [-0.25, -0.2) is 4.98 Å². The summed E-state index contributed by atoms with van der Waals surface area (Å²) in [5.74, 6) is 2.74. The lowest BCUT2D eigenvalue weighted by Crippen LogP contribution is -2.35. The molecule has 0 aromatic carbocycles. The fourth-order valence-electron chi connectivity index (χ4n) is 2.48. The Hall–Kier alpha value is -1.12. The molecule has 94 valence electrons. The van der Waals surface area contributed by atoms with E-state index in [0.29, 0.717) is 0 Å². The summed E-state index contributed by atoms with van der Waals surface area (Å²) >= 11 is 0. The van der Waals surface area contributed by atoms with Crippen molar-refractivity contribution >= 4 is 5.82 Å². The fraction of sp³-hybridized carbons (Fsp3) is 0.714. The lowest BCUT2D eigenvalue weighted by Gasteiger charge is -2.34. The minimum atomic E-state index is 0.808. The Balaban J connectivity index is 2.03.